The fourth-order valence-electron chi connectivity index (χ4n) is 1.89. The minimum atomic E-state index is -0.599. The topological polar surface area (TPSA) is 50.7 Å². The van der Waals surface area contributed by atoms with E-state index in [1.54, 1.807) is 31.6 Å². The number of hydrogen-bond donors (Lipinski definition) is 2. The molecule has 0 spiro atoms. The fraction of sp³-hybridized carbons (Fsp3) is 0.333. The van der Waals surface area contributed by atoms with E-state index in [4.69, 9.17) is 9.47 Å². The van der Waals surface area contributed by atoms with E-state index in [-0.39, 0.29) is 0 Å². The number of aliphatic hydroxyl groups is 1. The maximum Gasteiger partial charge on any atom is 0.122 e. The van der Waals surface area contributed by atoms with Gasteiger partial charge in [-0.2, -0.15) is 11.3 Å². The Kier molecular flexibility index (Phi) is 5.40. The molecular weight excluding hydrogens is 274 g/mol. The van der Waals surface area contributed by atoms with Crippen LogP contribution in [0.3, 0.4) is 0 Å². The van der Waals surface area contributed by atoms with Gasteiger partial charge in [-0.25, -0.2) is 0 Å². The van der Waals surface area contributed by atoms with Gasteiger partial charge >= 0.3 is 0 Å². The Morgan fingerprint density at radius 2 is 1.90 bits per heavy atom. The number of hydrogen-bond acceptors (Lipinski definition) is 5. The summed E-state index contributed by atoms with van der Waals surface area (Å²) >= 11 is 1.67. The molecule has 1 atom stereocenters. The number of aliphatic hydroxyl groups excluding tert-OH is 1. The molecule has 0 saturated carbocycles. The van der Waals surface area contributed by atoms with Crippen molar-refractivity contribution >= 4 is 11.3 Å². The second kappa shape index (κ2) is 7.28. The van der Waals surface area contributed by atoms with Gasteiger partial charge in [-0.3, -0.25) is 0 Å². The number of nitrogens with one attached hydrogen (secondary N) is 1. The molecule has 0 aliphatic carbocycles. The van der Waals surface area contributed by atoms with Gasteiger partial charge in [0.2, 0.25) is 0 Å². The third-order valence-corrected chi connectivity index (χ3v) is 3.74. The largest absolute Gasteiger partial charge is 0.497 e. The number of ether oxygens (including phenoxy) is 2. The summed E-state index contributed by atoms with van der Waals surface area (Å²) < 4.78 is 10.4. The molecule has 1 heterocycles. The first kappa shape index (κ1) is 14.8. The SMILES string of the molecule is COc1cc(OC)cc(C(O)CNCc2ccsc2)c1. The Hall–Kier alpha value is -1.56. The molecule has 108 valence electrons. The zero-order chi connectivity index (χ0) is 14.4. The molecule has 0 amide bonds. The van der Waals surface area contributed by atoms with E-state index >= 15 is 0 Å². The first-order valence-corrected chi connectivity index (χ1v) is 7.30. The van der Waals surface area contributed by atoms with E-state index in [0.717, 1.165) is 12.1 Å². The van der Waals surface area contributed by atoms with E-state index in [1.165, 1.54) is 5.56 Å². The molecule has 0 fully saturated rings. The van der Waals surface area contributed by atoms with Gasteiger partial charge in [-0.1, -0.05) is 0 Å². The van der Waals surface area contributed by atoms with E-state index < -0.39 is 6.10 Å². The molecular formula is C15H19NO3S. The van der Waals surface area contributed by atoms with Crippen LogP contribution in [-0.2, 0) is 6.54 Å². The van der Waals surface area contributed by atoms with E-state index in [0.29, 0.717) is 18.0 Å². The van der Waals surface area contributed by atoms with Crippen molar-refractivity contribution in [3.63, 3.8) is 0 Å². The zero-order valence-electron chi connectivity index (χ0n) is 11.6. The lowest BCUT2D eigenvalue weighted by molar-refractivity contribution is 0.173. The third kappa shape index (κ3) is 3.96. The molecule has 0 bridgehead atoms. The van der Waals surface area contributed by atoms with Gasteiger partial charge < -0.3 is 19.9 Å². The lowest BCUT2D eigenvalue weighted by atomic mass is 10.1. The lowest BCUT2D eigenvalue weighted by Crippen LogP contribution is -2.20. The van der Waals surface area contributed by atoms with Crippen LogP contribution < -0.4 is 14.8 Å². The quantitative estimate of drug-likeness (QED) is 0.824. The summed E-state index contributed by atoms with van der Waals surface area (Å²) in [5, 5.41) is 17.6. The molecule has 0 aliphatic heterocycles. The summed E-state index contributed by atoms with van der Waals surface area (Å²) in [6.45, 7) is 1.23. The molecule has 1 unspecified atom stereocenters. The van der Waals surface area contributed by atoms with Gasteiger partial charge in [0, 0.05) is 19.2 Å². The zero-order valence-corrected chi connectivity index (χ0v) is 12.4. The third-order valence-electron chi connectivity index (χ3n) is 3.01. The second-order valence-corrected chi connectivity index (χ2v) is 5.20. The summed E-state index contributed by atoms with van der Waals surface area (Å²) in [4.78, 5) is 0. The molecule has 2 aromatic rings. The normalized spacial score (nSPS) is 12.2. The molecule has 0 aliphatic rings. The van der Waals surface area contributed by atoms with Gasteiger partial charge in [0.15, 0.2) is 0 Å². The predicted molar refractivity (Wildman–Crippen MR) is 80.5 cm³/mol. The van der Waals surface area contributed by atoms with E-state index in [1.807, 2.05) is 17.5 Å². The highest BCUT2D eigenvalue weighted by Gasteiger charge is 2.10. The van der Waals surface area contributed by atoms with Gasteiger partial charge in [-0.15, -0.1) is 0 Å². The van der Waals surface area contributed by atoms with Crippen molar-refractivity contribution in [1.82, 2.24) is 5.32 Å². The maximum absolute atomic E-state index is 10.2. The average Bonchev–Trinajstić information content (AvgIpc) is 2.99. The van der Waals surface area contributed by atoms with Crippen LogP contribution in [0, 0.1) is 0 Å². The van der Waals surface area contributed by atoms with Crippen LogP contribution >= 0.6 is 11.3 Å². The average molecular weight is 293 g/mol. The van der Waals surface area contributed by atoms with Gasteiger partial charge in [0.1, 0.15) is 11.5 Å². The predicted octanol–water partition coefficient (Wildman–Crippen LogP) is 2.59. The van der Waals surface area contributed by atoms with Crippen LogP contribution in [0.2, 0.25) is 0 Å². The fourth-order valence-corrected chi connectivity index (χ4v) is 2.55. The van der Waals surface area contributed by atoms with Crippen molar-refractivity contribution in [3.8, 4) is 11.5 Å². The van der Waals surface area contributed by atoms with Crippen LogP contribution in [0.25, 0.3) is 0 Å². The number of thiophene rings is 1. The van der Waals surface area contributed by atoms with Crippen LogP contribution in [0.5, 0.6) is 11.5 Å². The Morgan fingerprint density at radius 1 is 1.20 bits per heavy atom. The van der Waals surface area contributed by atoms with Crippen molar-refractivity contribution in [2.24, 2.45) is 0 Å². The first-order valence-electron chi connectivity index (χ1n) is 6.35. The highest BCUT2D eigenvalue weighted by molar-refractivity contribution is 7.07. The minimum absolute atomic E-state index is 0.478. The smallest absolute Gasteiger partial charge is 0.122 e. The minimum Gasteiger partial charge on any atom is -0.497 e. The van der Waals surface area contributed by atoms with E-state index in [2.05, 4.69) is 16.8 Å². The van der Waals surface area contributed by atoms with Crippen LogP contribution in [0.4, 0.5) is 0 Å². The van der Waals surface area contributed by atoms with Crippen molar-refractivity contribution in [1.29, 1.82) is 0 Å². The second-order valence-electron chi connectivity index (χ2n) is 4.42. The summed E-state index contributed by atoms with van der Waals surface area (Å²) in [5.41, 5.74) is 2.00. The Balaban J connectivity index is 1.95. The molecule has 2 N–H and O–H groups in total. The molecule has 0 radical (unpaired) electrons. The lowest BCUT2D eigenvalue weighted by Gasteiger charge is -2.14. The Bertz CT molecular complexity index is 506. The number of rotatable bonds is 7. The molecule has 4 nitrogen and oxygen atoms in total. The van der Waals surface area contributed by atoms with Gasteiger partial charge in [0.05, 0.1) is 20.3 Å². The summed E-state index contributed by atoms with van der Waals surface area (Å²) in [7, 11) is 3.19. The molecule has 2 rings (SSSR count). The van der Waals surface area contributed by atoms with Crippen molar-refractivity contribution in [2.75, 3.05) is 20.8 Å². The van der Waals surface area contributed by atoms with Gasteiger partial charge in [-0.05, 0) is 40.1 Å². The van der Waals surface area contributed by atoms with Crippen molar-refractivity contribution < 1.29 is 14.6 Å². The molecule has 20 heavy (non-hydrogen) atoms. The molecule has 1 aromatic carbocycles. The van der Waals surface area contributed by atoms with E-state index in [9.17, 15) is 5.11 Å². The van der Waals surface area contributed by atoms with Crippen LogP contribution in [0.1, 0.15) is 17.2 Å². The summed E-state index contributed by atoms with van der Waals surface area (Å²) in [6.07, 6.45) is -0.599. The standard InChI is InChI=1S/C15H19NO3S/c1-18-13-5-12(6-14(7-13)19-2)15(17)9-16-8-11-3-4-20-10-11/h3-7,10,15-17H,8-9H2,1-2H3. The summed E-state index contributed by atoms with van der Waals surface area (Å²) in [6, 6.07) is 7.49. The van der Waals surface area contributed by atoms with Crippen LogP contribution in [-0.4, -0.2) is 25.9 Å². The first-order chi connectivity index (χ1) is 9.72. The monoisotopic (exact) mass is 293 g/mol. The Morgan fingerprint density at radius 3 is 2.45 bits per heavy atom. The summed E-state index contributed by atoms with van der Waals surface area (Å²) in [5.74, 6) is 1.35. The van der Waals surface area contributed by atoms with Gasteiger partial charge in [0.25, 0.3) is 0 Å². The molecule has 1 aromatic heterocycles. The van der Waals surface area contributed by atoms with Crippen molar-refractivity contribution in [2.45, 2.75) is 12.6 Å². The van der Waals surface area contributed by atoms with Crippen LogP contribution in [0.15, 0.2) is 35.0 Å². The maximum atomic E-state index is 10.2. The highest BCUT2D eigenvalue weighted by Crippen LogP contribution is 2.26. The number of methoxy groups -OCH3 is 2. The number of benzene rings is 1. The molecule has 5 heteroatoms. The Labute approximate surface area is 123 Å². The molecule has 0 saturated heterocycles. The highest BCUT2D eigenvalue weighted by atomic mass is 32.1. The van der Waals surface area contributed by atoms with Crippen molar-refractivity contribution in [3.05, 3.63) is 46.2 Å².